The van der Waals surface area contributed by atoms with Crippen LogP contribution in [0.1, 0.15) is 0 Å². The summed E-state index contributed by atoms with van der Waals surface area (Å²) in [6.07, 6.45) is 3.47. The molecular formula is C52H39Br2N2OsP2-3. The normalized spacial score (nSPS) is 10.3. The number of hydrogen-bond donors (Lipinski definition) is 0. The van der Waals surface area contributed by atoms with Crippen LogP contribution >= 0.6 is 15.8 Å². The first-order chi connectivity index (χ1) is 27.8. The van der Waals surface area contributed by atoms with Crippen molar-refractivity contribution >= 4 is 80.2 Å². The molecule has 10 aromatic rings. The molecule has 0 radical (unpaired) electrons. The minimum absolute atomic E-state index is 0. The number of hydrogen-bond acceptors (Lipinski definition) is 2. The third-order valence-electron chi connectivity index (χ3n) is 9.35. The number of rotatable bonds is 6. The zero-order valence-electron chi connectivity index (χ0n) is 31.9. The molecule has 9 aromatic carbocycles. The molecule has 0 saturated heterocycles. The molecule has 0 aliphatic carbocycles. The number of halogens is 2. The van der Waals surface area contributed by atoms with Crippen LogP contribution in [0.3, 0.4) is 0 Å². The van der Waals surface area contributed by atoms with Crippen LogP contribution < -0.4 is 65.8 Å². The van der Waals surface area contributed by atoms with Gasteiger partial charge in [-0.2, -0.15) is 0 Å². The number of benzene rings is 9. The largest absolute Gasteiger partial charge is 1.00 e. The van der Waals surface area contributed by atoms with E-state index in [-0.39, 0.29) is 53.8 Å². The van der Waals surface area contributed by atoms with Gasteiger partial charge >= 0.3 is 0 Å². The van der Waals surface area contributed by atoms with Crippen molar-refractivity contribution < 1.29 is 53.8 Å². The molecule has 1 heterocycles. The Kier molecular flexibility index (Phi) is 17.8. The van der Waals surface area contributed by atoms with Gasteiger partial charge in [0.25, 0.3) is 0 Å². The Bertz CT molecular complexity index is 2220. The molecule has 0 N–H and O–H groups in total. The summed E-state index contributed by atoms with van der Waals surface area (Å²) in [5, 5.41) is 13.0. The van der Waals surface area contributed by atoms with Gasteiger partial charge in [-0.1, -0.05) is 217 Å². The fraction of sp³-hybridized carbons (Fsp3) is 0. The van der Waals surface area contributed by atoms with E-state index >= 15 is 0 Å². The standard InChI is InChI=1S/2C18H15P.C16H9N2.2BrH.Os/c2*1-4-10-16(11-5-1)19(17-12-6-2-7-13-17)18-14-8-3-9-15-18;1-3-7-13-11(5-1)12-6-2-4-8-14(12)16-15(13)17-9-10-18-16;;;/h2*1-15H;1-7,9-10H;2*1H;/q;;-1;;;/p-2. The monoisotopic (exact) mass is 1100 g/mol. The molecule has 0 unspecified atom stereocenters. The molecule has 7 heteroatoms. The molecule has 10 rings (SSSR count). The second-order valence-corrected chi connectivity index (χ2v) is 17.4. The van der Waals surface area contributed by atoms with Crippen molar-refractivity contribution in [3.63, 3.8) is 0 Å². The molecule has 0 aliphatic heterocycles. The predicted molar refractivity (Wildman–Crippen MR) is 244 cm³/mol. The molecule has 59 heavy (non-hydrogen) atoms. The van der Waals surface area contributed by atoms with Crippen LogP contribution in [0.5, 0.6) is 0 Å². The summed E-state index contributed by atoms with van der Waals surface area (Å²) in [6, 6.07) is 82.3. The van der Waals surface area contributed by atoms with Gasteiger partial charge in [-0.15, -0.1) is 29.7 Å². The Morgan fingerprint density at radius 2 is 0.593 bits per heavy atom. The van der Waals surface area contributed by atoms with E-state index in [2.05, 4.69) is 222 Å². The summed E-state index contributed by atoms with van der Waals surface area (Å²) in [4.78, 5) is 8.94. The van der Waals surface area contributed by atoms with Crippen LogP contribution in [0.4, 0.5) is 0 Å². The molecule has 0 spiro atoms. The van der Waals surface area contributed by atoms with E-state index in [9.17, 15) is 0 Å². The number of aromatic nitrogens is 2. The molecular weight excluding hydrogens is 1060 g/mol. The number of fused-ring (bicyclic) bond motifs is 6. The SMILES string of the molecule is [Br-].[Br-].[Os].[c-]1cccc2c1c1nccnc1c1ccccc21.c1ccc(P(c2ccccc2)c2ccccc2)cc1.c1ccc(P(c2ccccc2)c2ccccc2)cc1. The van der Waals surface area contributed by atoms with Crippen molar-refractivity contribution in [3.8, 4) is 0 Å². The molecule has 0 aliphatic rings. The van der Waals surface area contributed by atoms with E-state index in [0.717, 1.165) is 21.8 Å². The maximum Gasteiger partial charge on any atom is 0.0545 e. The van der Waals surface area contributed by atoms with Crippen molar-refractivity contribution in [2.45, 2.75) is 0 Å². The van der Waals surface area contributed by atoms with Crippen LogP contribution in [0.25, 0.3) is 32.6 Å². The van der Waals surface area contributed by atoms with Crippen LogP contribution in [0, 0.1) is 6.07 Å². The first-order valence-corrected chi connectivity index (χ1v) is 21.4. The molecule has 0 fully saturated rings. The number of nitrogens with zero attached hydrogens (tertiary/aromatic N) is 2. The van der Waals surface area contributed by atoms with Crippen molar-refractivity contribution in [2.24, 2.45) is 0 Å². The summed E-state index contributed by atoms with van der Waals surface area (Å²) >= 11 is 0. The van der Waals surface area contributed by atoms with E-state index < -0.39 is 15.8 Å². The first-order valence-electron chi connectivity index (χ1n) is 18.7. The maximum absolute atomic E-state index is 4.48. The van der Waals surface area contributed by atoms with Gasteiger partial charge in [0.15, 0.2) is 0 Å². The van der Waals surface area contributed by atoms with Gasteiger partial charge in [-0.05, 0) is 53.1 Å². The maximum atomic E-state index is 4.48. The average molecular weight is 1100 g/mol. The van der Waals surface area contributed by atoms with Crippen LogP contribution in [-0.4, -0.2) is 9.97 Å². The summed E-state index contributed by atoms with van der Waals surface area (Å²) in [7, 11) is -0.892. The Morgan fingerprint density at radius 3 is 0.949 bits per heavy atom. The zero-order chi connectivity index (χ0) is 37.8. The van der Waals surface area contributed by atoms with Crippen LogP contribution in [0.15, 0.2) is 237 Å². The minimum Gasteiger partial charge on any atom is -1.00 e. The smallest absolute Gasteiger partial charge is 0.0545 e. The van der Waals surface area contributed by atoms with Gasteiger partial charge in [0.2, 0.25) is 0 Å². The van der Waals surface area contributed by atoms with Crippen LogP contribution in [0.2, 0.25) is 0 Å². The van der Waals surface area contributed by atoms with Gasteiger partial charge in [0.1, 0.15) is 0 Å². The van der Waals surface area contributed by atoms with Gasteiger partial charge in [-0.3, -0.25) is 4.98 Å². The fourth-order valence-electron chi connectivity index (χ4n) is 6.86. The summed E-state index contributed by atoms with van der Waals surface area (Å²) in [5.74, 6) is 0. The molecule has 0 amide bonds. The van der Waals surface area contributed by atoms with E-state index in [1.165, 1.54) is 42.6 Å². The Morgan fingerprint density at radius 1 is 0.305 bits per heavy atom. The Hall–Kier alpha value is -4.70. The summed E-state index contributed by atoms with van der Waals surface area (Å²) < 4.78 is 0. The average Bonchev–Trinajstić information content (AvgIpc) is 3.29. The Labute approximate surface area is 383 Å². The topological polar surface area (TPSA) is 25.8 Å². The van der Waals surface area contributed by atoms with E-state index in [1.54, 1.807) is 12.4 Å². The van der Waals surface area contributed by atoms with Crippen molar-refractivity contribution in [2.75, 3.05) is 0 Å². The molecule has 1 aromatic heterocycles. The Balaban J connectivity index is 0.000000164. The van der Waals surface area contributed by atoms with Gasteiger partial charge in [-0.25, -0.2) is 0 Å². The molecule has 0 bridgehead atoms. The van der Waals surface area contributed by atoms with E-state index in [4.69, 9.17) is 0 Å². The summed E-state index contributed by atoms with van der Waals surface area (Å²) in [5.41, 5.74) is 1.87. The van der Waals surface area contributed by atoms with Crippen molar-refractivity contribution in [3.05, 3.63) is 243 Å². The van der Waals surface area contributed by atoms with E-state index in [0.29, 0.717) is 0 Å². The fourth-order valence-corrected chi connectivity index (χ4v) is 11.5. The van der Waals surface area contributed by atoms with Crippen LogP contribution in [-0.2, 0) is 19.8 Å². The molecule has 292 valence electrons. The minimum atomic E-state index is -0.446. The van der Waals surface area contributed by atoms with E-state index in [1.807, 2.05) is 18.2 Å². The quantitative estimate of drug-likeness (QED) is 0.138. The predicted octanol–water partition coefficient (Wildman–Crippen LogP) is 4.63. The second-order valence-electron chi connectivity index (χ2n) is 12.9. The van der Waals surface area contributed by atoms with Gasteiger partial charge in [0, 0.05) is 37.7 Å². The van der Waals surface area contributed by atoms with Crippen molar-refractivity contribution in [1.82, 2.24) is 9.97 Å². The van der Waals surface area contributed by atoms with Crippen molar-refractivity contribution in [1.29, 1.82) is 0 Å². The van der Waals surface area contributed by atoms with Gasteiger partial charge in [0.05, 0.1) is 5.52 Å². The third kappa shape index (κ3) is 11.1. The summed E-state index contributed by atoms with van der Waals surface area (Å²) in [6.45, 7) is 0. The molecule has 0 atom stereocenters. The first kappa shape index (κ1) is 45.4. The molecule has 2 nitrogen and oxygen atoms in total. The molecule has 0 saturated carbocycles. The second kappa shape index (κ2) is 23.2. The zero-order valence-corrected chi connectivity index (χ0v) is 39.4. The third-order valence-corrected chi connectivity index (χ3v) is 14.2. The van der Waals surface area contributed by atoms with Gasteiger partial charge < -0.3 is 38.9 Å².